The molecule has 0 aliphatic heterocycles. The highest BCUT2D eigenvalue weighted by atomic mass is 31.2. The van der Waals surface area contributed by atoms with E-state index < -0.39 is 97.5 Å². The van der Waals surface area contributed by atoms with Crippen molar-refractivity contribution in [3.05, 3.63) is 48.6 Å². The number of hydrogen-bond acceptors (Lipinski definition) is 15. The molecule has 0 radical (unpaired) electrons. The van der Waals surface area contributed by atoms with Crippen molar-refractivity contribution in [1.29, 1.82) is 0 Å². The van der Waals surface area contributed by atoms with Crippen molar-refractivity contribution in [2.24, 2.45) is 0 Å². The van der Waals surface area contributed by atoms with Gasteiger partial charge in [-0.3, -0.25) is 37.3 Å². The van der Waals surface area contributed by atoms with Crippen LogP contribution < -0.4 is 0 Å². The Morgan fingerprint density at radius 3 is 0.851 bits per heavy atom. The molecule has 5 unspecified atom stereocenters. The number of carbonyl (C=O) groups is 4. The van der Waals surface area contributed by atoms with Crippen molar-refractivity contribution >= 4 is 39.5 Å². The van der Waals surface area contributed by atoms with Crippen LogP contribution in [0.4, 0.5) is 0 Å². The molecule has 0 amide bonds. The van der Waals surface area contributed by atoms with Crippen LogP contribution in [0.2, 0.25) is 0 Å². The summed E-state index contributed by atoms with van der Waals surface area (Å²) >= 11 is 0. The Kier molecular flexibility index (Phi) is 66.4. The van der Waals surface area contributed by atoms with Gasteiger partial charge in [0.2, 0.25) is 0 Å². The Balaban J connectivity index is 5.30. The first-order valence-electron chi connectivity index (χ1n) is 37.9. The summed E-state index contributed by atoms with van der Waals surface area (Å²) in [7, 11) is -9.92. The quantitative estimate of drug-likeness (QED) is 0.0169. The zero-order valence-electron chi connectivity index (χ0n) is 59.9. The number of hydrogen-bond donors (Lipinski definition) is 3. The van der Waals surface area contributed by atoms with Crippen LogP contribution in [0.5, 0.6) is 0 Å². The van der Waals surface area contributed by atoms with Crippen LogP contribution in [0.1, 0.15) is 349 Å². The van der Waals surface area contributed by atoms with Crippen molar-refractivity contribution in [2.75, 3.05) is 39.6 Å². The summed E-state index contributed by atoms with van der Waals surface area (Å²) in [6.45, 7) is 4.78. The summed E-state index contributed by atoms with van der Waals surface area (Å²) in [5.74, 6) is -2.16. The monoisotopic (exact) mass is 1370 g/mol. The molecule has 0 saturated heterocycles. The van der Waals surface area contributed by atoms with E-state index in [0.717, 1.165) is 122 Å². The highest BCUT2D eigenvalue weighted by Gasteiger charge is 2.30. The minimum absolute atomic E-state index is 0.0970. The summed E-state index contributed by atoms with van der Waals surface area (Å²) in [6.07, 6.45) is 63.9. The Labute approximate surface area is 572 Å². The molecule has 19 heteroatoms. The van der Waals surface area contributed by atoms with Gasteiger partial charge < -0.3 is 33.8 Å². The third kappa shape index (κ3) is 67.6. The first kappa shape index (κ1) is 91.0. The second kappa shape index (κ2) is 68.5. The largest absolute Gasteiger partial charge is 0.472 e. The number of unbranched alkanes of at least 4 members (excludes halogenated alkanes) is 38. The second-order valence-corrected chi connectivity index (χ2v) is 28.5. The third-order valence-corrected chi connectivity index (χ3v) is 18.2. The average molecular weight is 1370 g/mol. The van der Waals surface area contributed by atoms with Gasteiger partial charge in [0.25, 0.3) is 0 Å². The van der Waals surface area contributed by atoms with Crippen LogP contribution in [0.25, 0.3) is 0 Å². The molecule has 94 heavy (non-hydrogen) atoms. The van der Waals surface area contributed by atoms with Crippen molar-refractivity contribution < 1.29 is 80.2 Å². The van der Waals surface area contributed by atoms with Crippen molar-refractivity contribution in [3.63, 3.8) is 0 Å². The van der Waals surface area contributed by atoms with Crippen molar-refractivity contribution in [2.45, 2.75) is 367 Å². The Bertz CT molecular complexity index is 1980. The van der Waals surface area contributed by atoms with Gasteiger partial charge >= 0.3 is 39.5 Å². The lowest BCUT2D eigenvalue weighted by Gasteiger charge is -2.21. The van der Waals surface area contributed by atoms with E-state index in [-0.39, 0.29) is 25.7 Å². The first-order chi connectivity index (χ1) is 45.7. The summed E-state index contributed by atoms with van der Waals surface area (Å²) in [5, 5.41) is 10.6. The molecular weight excluding hydrogens is 1230 g/mol. The Hall–Kier alpha value is -2.98. The topological polar surface area (TPSA) is 237 Å². The van der Waals surface area contributed by atoms with Gasteiger partial charge in [0.1, 0.15) is 19.3 Å². The molecular formula is C75H138O17P2. The standard InChI is InChI=1S/C75H138O17P2/c1-5-9-13-17-21-25-29-31-33-34-36-37-41-44-48-52-56-60-73(78)86-66-71(92-75(80)62-58-54-50-46-42-38-35-32-30-26-22-18-14-10-6-2)68-90-94(83,84)88-64-69(76)63-87-93(81,82)89-67-70(91-74(79)61-57-53-49-45-40-28-24-20-16-12-8-4)65-85-72(77)59-55-51-47-43-39-27-23-19-15-11-7-3/h9,13,21,25,31,33,36-37,69-71,76H,5-8,10-12,14-20,22-24,26-30,32,34-35,38-68H2,1-4H3,(H,81,82)(H,83,84)/b13-9-,25-21-,33-31-,37-36-. The highest BCUT2D eigenvalue weighted by Crippen LogP contribution is 2.45. The van der Waals surface area contributed by atoms with E-state index in [0.29, 0.717) is 25.7 Å². The van der Waals surface area contributed by atoms with Crippen molar-refractivity contribution in [1.82, 2.24) is 0 Å². The fraction of sp³-hybridized carbons (Fsp3) is 0.840. The molecule has 0 spiro atoms. The molecule has 0 aliphatic rings. The average Bonchev–Trinajstić information content (AvgIpc) is 1.29. The minimum atomic E-state index is -4.97. The van der Waals surface area contributed by atoms with Crippen LogP contribution in [-0.2, 0) is 65.4 Å². The molecule has 3 N–H and O–H groups in total. The number of ether oxygens (including phenoxy) is 4. The van der Waals surface area contributed by atoms with Crippen molar-refractivity contribution in [3.8, 4) is 0 Å². The lowest BCUT2D eigenvalue weighted by Crippen LogP contribution is -2.30. The summed E-state index contributed by atoms with van der Waals surface area (Å²) in [4.78, 5) is 72.7. The zero-order valence-corrected chi connectivity index (χ0v) is 61.7. The Morgan fingerprint density at radius 1 is 0.309 bits per heavy atom. The number of esters is 4. The maximum absolute atomic E-state index is 13.1. The van der Waals surface area contributed by atoms with Crippen LogP contribution in [-0.4, -0.2) is 96.7 Å². The first-order valence-corrected chi connectivity index (χ1v) is 40.9. The maximum atomic E-state index is 13.1. The van der Waals surface area contributed by atoms with Gasteiger partial charge in [-0.05, 0) is 64.2 Å². The van der Waals surface area contributed by atoms with Gasteiger partial charge in [0.15, 0.2) is 12.2 Å². The molecule has 0 aromatic carbocycles. The minimum Gasteiger partial charge on any atom is -0.462 e. The lowest BCUT2D eigenvalue weighted by atomic mass is 10.0. The fourth-order valence-electron chi connectivity index (χ4n) is 10.6. The fourth-order valence-corrected chi connectivity index (χ4v) is 12.1. The van der Waals surface area contributed by atoms with E-state index in [9.17, 15) is 43.2 Å². The van der Waals surface area contributed by atoms with E-state index in [4.69, 9.17) is 37.0 Å². The van der Waals surface area contributed by atoms with Gasteiger partial charge in [-0.1, -0.05) is 307 Å². The molecule has 0 heterocycles. The molecule has 17 nitrogen and oxygen atoms in total. The maximum Gasteiger partial charge on any atom is 0.472 e. The molecule has 0 saturated carbocycles. The number of aliphatic hydroxyl groups excluding tert-OH is 1. The van der Waals surface area contributed by atoms with E-state index in [1.807, 2.05) is 0 Å². The highest BCUT2D eigenvalue weighted by molar-refractivity contribution is 7.47. The number of phosphoric acid groups is 2. The molecule has 0 rings (SSSR count). The van der Waals surface area contributed by atoms with Gasteiger partial charge in [-0.2, -0.15) is 0 Å². The van der Waals surface area contributed by atoms with Crippen LogP contribution in [0.15, 0.2) is 48.6 Å². The van der Waals surface area contributed by atoms with E-state index in [1.165, 1.54) is 148 Å². The van der Waals surface area contributed by atoms with E-state index >= 15 is 0 Å². The molecule has 0 aromatic heterocycles. The molecule has 5 atom stereocenters. The second-order valence-electron chi connectivity index (χ2n) is 25.6. The van der Waals surface area contributed by atoms with Crippen LogP contribution in [0, 0.1) is 0 Å². The molecule has 0 aromatic rings. The Morgan fingerprint density at radius 2 is 0.553 bits per heavy atom. The third-order valence-electron chi connectivity index (χ3n) is 16.3. The lowest BCUT2D eigenvalue weighted by molar-refractivity contribution is -0.161. The van der Waals surface area contributed by atoms with Gasteiger partial charge in [-0.15, -0.1) is 0 Å². The van der Waals surface area contributed by atoms with Crippen LogP contribution >= 0.6 is 15.6 Å². The summed E-state index contributed by atoms with van der Waals surface area (Å²) in [5.41, 5.74) is 0. The molecule has 550 valence electrons. The predicted molar refractivity (Wildman–Crippen MR) is 381 cm³/mol. The summed E-state index contributed by atoms with van der Waals surface area (Å²) in [6, 6.07) is 0. The van der Waals surface area contributed by atoms with Gasteiger partial charge in [0, 0.05) is 25.7 Å². The predicted octanol–water partition coefficient (Wildman–Crippen LogP) is 21.3. The normalized spacial score (nSPS) is 14.2. The smallest absolute Gasteiger partial charge is 0.462 e. The van der Waals surface area contributed by atoms with Crippen LogP contribution in [0.3, 0.4) is 0 Å². The number of allylic oxidation sites excluding steroid dienone is 8. The number of carbonyl (C=O) groups excluding carboxylic acids is 4. The number of aliphatic hydroxyl groups is 1. The van der Waals surface area contributed by atoms with Gasteiger partial charge in [0.05, 0.1) is 26.4 Å². The molecule has 0 bridgehead atoms. The van der Waals surface area contributed by atoms with E-state index in [2.05, 4.69) is 76.3 Å². The number of rotatable bonds is 72. The zero-order chi connectivity index (χ0) is 69.0. The number of phosphoric ester groups is 2. The molecule has 0 fully saturated rings. The van der Waals surface area contributed by atoms with Gasteiger partial charge in [-0.25, -0.2) is 9.13 Å². The summed E-state index contributed by atoms with van der Waals surface area (Å²) < 4.78 is 68.4. The SMILES string of the molecule is CC/C=C\C/C=C\C/C=C\C/C=C\CCCCCCC(=O)OCC(COP(=O)(O)OCC(O)COP(=O)(O)OCC(COC(=O)CCCCCCCCCCCCC)OC(=O)CCCCCCCCCCCCC)OC(=O)CCCCCCCCCCCCCCCCC. The molecule has 0 aliphatic carbocycles. The van der Waals surface area contributed by atoms with E-state index in [1.54, 1.807) is 0 Å².